The normalized spacial score (nSPS) is 30.3. The van der Waals surface area contributed by atoms with Gasteiger partial charge in [-0.05, 0) is 49.8 Å². The molecule has 1 N–H and O–H groups in total. The number of carbonyl (C=O) groups excluding carboxylic acids is 3. The lowest BCUT2D eigenvalue weighted by Gasteiger charge is -2.40. The quantitative estimate of drug-likeness (QED) is 0.383. The lowest BCUT2D eigenvalue weighted by atomic mass is 9.66. The number of ether oxygens (including phenoxy) is 1. The van der Waals surface area contributed by atoms with Crippen molar-refractivity contribution in [2.24, 2.45) is 17.8 Å². The second kappa shape index (κ2) is 10.4. The summed E-state index contributed by atoms with van der Waals surface area (Å²) in [6, 6.07) is 5.23. The summed E-state index contributed by atoms with van der Waals surface area (Å²) in [6.07, 6.45) is 4.31. The van der Waals surface area contributed by atoms with Gasteiger partial charge in [-0.1, -0.05) is 37.8 Å². The summed E-state index contributed by atoms with van der Waals surface area (Å²) in [6.45, 7) is 14.1. The van der Waals surface area contributed by atoms with Crippen LogP contribution in [0.25, 0.3) is 0 Å². The fraction of sp³-hybridized carbons (Fsp3) is 0.536. The van der Waals surface area contributed by atoms with E-state index in [0.717, 1.165) is 23.2 Å². The molecule has 3 aliphatic heterocycles. The van der Waals surface area contributed by atoms with Crippen LogP contribution in [0, 0.1) is 31.6 Å². The summed E-state index contributed by atoms with van der Waals surface area (Å²) in [5.74, 6) is -1.93. The highest BCUT2D eigenvalue weighted by Gasteiger charge is 2.76. The van der Waals surface area contributed by atoms with E-state index >= 15 is 0 Å². The minimum atomic E-state index is -0.747. The topological polar surface area (TPSA) is 87.2 Å². The first-order valence-electron chi connectivity index (χ1n) is 12.6. The van der Waals surface area contributed by atoms with Crippen molar-refractivity contribution in [2.45, 2.75) is 49.7 Å². The Morgan fingerprint density at radius 1 is 1.31 bits per heavy atom. The molecule has 0 radical (unpaired) electrons. The van der Waals surface area contributed by atoms with Gasteiger partial charge in [0.2, 0.25) is 5.91 Å². The van der Waals surface area contributed by atoms with Gasteiger partial charge in [-0.15, -0.1) is 18.3 Å². The number of fused-ring (bicyclic) bond motifs is 1. The maximum Gasteiger partial charge on any atom is 0.311 e. The third kappa shape index (κ3) is 4.08. The van der Waals surface area contributed by atoms with E-state index in [1.165, 1.54) is 6.08 Å². The zero-order chi connectivity index (χ0) is 26.2. The summed E-state index contributed by atoms with van der Waals surface area (Å²) in [4.78, 5) is 45.0. The van der Waals surface area contributed by atoms with E-state index in [0.29, 0.717) is 13.0 Å². The first-order valence-corrected chi connectivity index (χ1v) is 13.5. The highest BCUT2D eigenvalue weighted by molar-refractivity contribution is 8.02. The van der Waals surface area contributed by atoms with Crippen LogP contribution in [-0.4, -0.2) is 70.1 Å². The molecule has 36 heavy (non-hydrogen) atoms. The number of benzene rings is 1. The summed E-state index contributed by atoms with van der Waals surface area (Å²) >= 11 is 1.62. The van der Waals surface area contributed by atoms with Crippen molar-refractivity contribution >= 4 is 35.2 Å². The van der Waals surface area contributed by atoms with Crippen LogP contribution in [0.15, 0.2) is 43.5 Å². The second-order valence-electron chi connectivity index (χ2n) is 10.1. The van der Waals surface area contributed by atoms with Crippen molar-refractivity contribution in [3.8, 4) is 0 Å². The Morgan fingerprint density at radius 3 is 2.72 bits per heavy atom. The van der Waals surface area contributed by atoms with Gasteiger partial charge in [-0.2, -0.15) is 0 Å². The number of anilines is 1. The number of hydrogen-bond donors (Lipinski definition) is 1. The molecule has 0 aliphatic carbocycles. The molecule has 0 aromatic heterocycles. The van der Waals surface area contributed by atoms with Crippen molar-refractivity contribution in [3.05, 3.63) is 54.6 Å². The number of aryl methyl sites for hydroxylation is 2. The number of nitrogens with zero attached hydrogens (tertiary/aromatic N) is 2. The van der Waals surface area contributed by atoms with Crippen molar-refractivity contribution in [2.75, 3.05) is 31.2 Å². The molecule has 7 nitrogen and oxygen atoms in total. The number of hydrogen-bond acceptors (Lipinski definition) is 6. The van der Waals surface area contributed by atoms with Gasteiger partial charge in [0.25, 0.3) is 5.91 Å². The van der Waals surface area contributed by atoms with Crippen molar-refractivity contribution in [1.29, 1.82) is 0 Å². The molecule has 8 heteroatoms. The third-order valence-electron chi connectivity index (χ3n) is 7.89. The summed E-state index contributed by atoms with van der Waals surface area (Å²) < 4.78 is 4.69. The van der Waals surface area contributed by atoms with Gasteiger partial charge < -0.3 is 19.6 Å². The van der Waals surface area contributed by atoms with Gasteiger partial charge in [0.15, 0.2) is 0 Å². The molecular formula is C28H36N2O5S. The predicted molar refractivity (Wildman–Crippen MR) is 142 cm³/mol. The largest absolute Gasteiger partial charge is 0.461 e. The van der Waals surface area contributed by atoms with Crippen LogP contribution in [0.5, 0.6) is 0 Å². The number of likely N-dealkylation sites (tertiary alicyclic amines) is 1. The number of rotatable bonds is 10. The molecule has 1 spiro atoms. The highest BCUT2D eigenvalue weighted by Crippen LogP contribution is 2.68. The summed E-state index contributed by atoms with van der Waals surface area (Å²) in [5, 5.41) is 9.49. The van der Waals surface area contributed by atoms with Crippen LogP contribution < -0.4 is 4.90 Å². The number of aliphatic hydroxyl groups excluding tert-OH is 1. The molecule has 3 saturated heterocycles. The second-order valence-corrected chi connectivity index (χ2v) is 11.7. The minimum absolute atomic E-state index is 0.0576. The monoisotopic (exact) mass is 512 g/mol. The number of amides is 2. The maximum atomic E-state index is 14.5. The fourth-order valence-electron chi connectivity index (χ4n) is 6.38. The Hall–Kier alpha value is -2.58. The first kappa shape index (κ1) is 26.5. The number of aliphatic hydroxyl groups is 1. The van der Waals surface area contributed by atoms with E-state index in [4.69, 9.17) is 4.74 Å². The highest BCUT2D eigenvalue weighted by atomic mass is 32.2. The number of carbonyl (C=O) groups is 3. The molecule has 194 valence electrons. The van der Waals surface area contributed by atoms with Gasteiger partial charge in [0, 0.05) is 30.6 Å². The average Bonchev–Trinajstić information content (AvgIpc) is 3.44. The van der Waals surface area contributed by atoms with Crippen LogP contribution in [-0.2, 0) is 19.1 Å². The Balaban J connectivity index is 1.81. The van der Waals surface area contributed by atoms with Crippen molar-refractivity contribution in [1.82, 2.24) is 4.90 Å². The van der Waals surface area contributed by atoms with Crippen molar-refractivity contribution in [3.63, 3.8) is 0 Å². The van der Waals surface area contributed by atoms with Gasteiger partial charge in [-0.3, -0.25) is 14.4 Å². The Kier molecular flexibility index (Phi) is 7.67. The summed E-state index contributed by atoms with van der Waals surface area (Å²) in [5.41, 5.74) is 2.78. The van der Waals surface area contributed by atoms with Gasteiger partial charge in [0.05, 0.1) is 16.6 Å². The number of thioether (sulfide) groups is 1. The zero-order valence-electron chi connectivity index (χ0n) is 21.3. The molecule has 3 aliphatic rings. The third-order valence-corrected chi connectivity index (χ3v) is 9.96. The van der Waals surface area contributed by atoms with Gasteiger partial charge >= 0.3 is 5.97 Å². The Labute approximate surface area is 217 Å². The van der Waals surface area contributed by atoms with Gasteiger partial charge in [0.1, 0.15) is 12.6 Å². The van der Waals surface area contributed by atoms with Crippen LogP contribution in [0.4, 0.5) is 5.69 Å². The SMILES string of the molecule is C=CCOC(=O)[C@@H]1[C@@H]2CC(C)C3(S2)C(C(=O)N(CC=C)c2cc(C)ccc2C)N(CCCO)C(=O)[C@H]13. The van der Waals surface area contributed by atoms with Crippen LogP contribution in [0.2, 0.25) is 0 Å². The molecule has 4 rings (SSSR count). The smallest absolute Gasteiger partial charge is 0.311 e. The van der Waals surface area contributed by atoms with E-state index in [9.17, 15) is 19.5 Å². The van der Waals surface area contributed by atoms with Crippen LogP contribution in [0.3, 0.4) is 0 Å². The van der Waals surface area contributed by atoms with Gasteiger partial charge in [-0.25, -0.2) is 0 Å². The van der Waals surface area contributed by atoms with Crippen LogP contribution >= 0.6 is 11.8 Å². The molecule has 1 aromatic rings. The molecule has 0 saturated carbocycles. The minimum Gasteiger partial charge on any atom is -0.461 e. The molecule has 3 unspecified atom stereocenters. The van der Waals surface area contributed by atoms with E-state index in [-0.39, 0.29) is 42.7 Å². The average molecular weight is 513 g/mol. The fourth-order valence-corrected chi connectivity index (χ4v) is 8.78. The standard InChI is InChI=1S/C28H36N2O5S/c1-6-11-29(20-15-17(3)9-10-18(20)4)26(33)24-28-19(5)16-21(36-28)22(27(34)35-14-7-2)23(28)25(32)30(24)12-8-13-31/h6-7,9-10,15,19,21-24,31H,1-2,8,11-14,16H2,3-5H3/t19?,21-,22+,23-,24?,28?/m0/s1. The Bertz CT molecular complexity index is 1070. The maximum absolute atomic E-state index is 14.5. The number of esters is 1. The first-order chi connectivity index (χ1) is 17.2. The van der Waals surface area contributed by atoms with E-state index < -0.39 is 28.6 Å². The molecule has 6 atom stereocenters. The predicted octanol–water partition coefficient (Wildman–Crippen LogP) is 3.27. The zero-order valence-corrected chi connectivity index (χ0v) is 22.1. The molecule has 2 amide bonds. The lowest BCUT2D eigenvalue weighted by molar-refractivity contribution is -0.153. The van der Waals surface area contributed by atoms with E-state index in [1.54, 1.807) is 27.6 Å². The van der Waals surface area contributed by atoms with Crippen LogP contribution in [0.1, 0.15) is 30.9 Å². The molecule has 3 heterocycles. The van der Waals surface area contributed by atoms with E-state index in [1.807, 2.05) is 32.0 Å². The summed E-state index contributed by atoms with van der Waals surface area (Å²) in [7, 11) is 0. The molecule has 3 fully saturated rings. The lowest BCUT2D eigenvalue weighted by Crippen LogP contribution is -2.57. The molecule has 1 aromatic carbocycles. The molecular weight excluding hydrogens is 476 g/mol. The van der Waals surface area contributed by atoms with Crippen molar-refractivity contribution < 1.29 is 24.2 Å². The Morgan fingerprint density at radius 2 is 2.06 bits per heavy atom. The van der Waals surface area contributed by atoms with E-state index in [2.05, 4.69) is 20.1 Å². The molecule has 2 bridgehead atoms.